The third kappa shape index (κ3) is 5.98. The Labute approximate surface area is 127 Å². The van der Waals surface area contributed by atoms with Gasteiger partial charge in [0.2, 0.25) is 0 Å². The molecule has 0 unspecified atom stereocenters. The fourth-order valence-corrected chi connectivity index (χ4v) is 1.98. The zero-order valence-corrected chi connectivity index (χ0v) is 13.8. The van der Waals surface area contributed by atoms with Crippen LogP contribution in [0.1, 0.15) is 48.7 Å². The molecule has 4 heteroatoms. The van der Waals surface area contributed by atoms with E-state index >= 15 is 0 Å². The van der Waals surface area contributed by atoms with Crippen LogP contribution >= 0.6 is 0 Å². The molecule has 0 aliphatic heterocycles. The lowest BCUT2D eigenvalue weighted by Gasteiger charge is -2.24. The van der Waals surface area contributed by atoms with Crippen LogP contribution in [-0.2, 0) is 4.74 Å². The minimum absolute atomic E-state index is 0.0391. The molecule has 116 valence electrons. The van der Waals surface area contributed by atoms with Crippen molar-refractivity contribution in [3.8, 4) is 0 Å². The highest BCUT2D eigenvalue weighted by molar-refractivity contribution is 5.96. The van der Waals surface area contributed by atoms with E-state index in [1.807, 2.05) is 52.8 Å². The van der Waals surface area contributed by atoms with Gasteiger partial charge >= 0.3 is 6.09 Å². The first-order valence-corrected chi connectivity index (χ1v) is 7.14. The Balaban J connectivity index is 2.58. The largest absolute Gasteiger partial charge is 0.444 e. The van der Waals surface area contributed by atoms with E-state index in [1.165, 1.54) is 4.90 Å². The molecule has 0 atom stereocenters. The average Bonchev–Trinajstić information content (AvgIpc) is 2.32. The number of nitrogens with zero attached hydrogens (tertiary/aromatic N) is 1. The fourth-order valence-electron chi connectivity index (χ4n) is 1.98. The minimum Gasteiger partial charge on any atom is -0.444 e. The highest BCUT2D eigenvalue weighted by Gasteiger charge is 2.20. The fraction of sp³-hybridized carbons (Fsp3) is 0.529. The van der Waals surface area contributed by atoms with Crippen LogP contribution in [0, 0.1) is 13.8 Å². The van der Waals surface area contributed by atoms with E-state index in [4.69, 9.17) is 4.74 Å². The van der Waals surface area contributed by atoms with E-state index in [2.05, 4.69) is 0 Å². The summed E-state index contributed by atoms with van der Waals surface area (Å²) < 4.78 is 5.25. The summed E-state index contributed by atoms with van der Waals surface area (Å²) in [7, 11) is 1.64. The van der Waals surface area contributed by atoms with E-state index in [1.54, 1.807) is 7.05 Å². The number of benzene rings is 1. The lowest BCUT2D eigenvalue weighted by molar-refractivity contribution is 0.0298. The highest BCUT2D eigenvalue weighted by atomic mass is 16.6. The number of amides is 1. The molecule has 0 bridgehead atoms. The zero-order chi connectivity index (χ0) is 16.2. The Bertz CT molecular complexity index is 509. The van der Waals surface area contributed by atoms with Gasteiger partial charge in [-0.05, 0) is 46.8 Å². The van der Waals surface area contributed by atoms with Gasteiger partial charge in [-0.15, -0.1) is 0 Å². The summed E-state index contributed by atoms with van der Waals surface area (Å²) in [5.41, 5.74) is 2.31. The Morgan fingerprint density at radius 3 is 2.10 bits per heavy atom. The zero-order valence-electron chi connectivity index (χ0n) is 13.8. The molecule has 4 nitrogen and oxygen atoms in total. The average molecular weight is 291 g/mol. The number of rotatable bonds is 4. The van der Waals surface area contributed by atoms with Gasteiger partial charge in [0.05, 0.1) is 0 Å². The second kappa shape index (κ2) is 6.74. The molecule has 0 N–H and O–H groups in total. The number of carbonyl (C=O) groups excluding carboxylic acids is 2. The topological polar surface area (TPSA) is 46.6 Å². The molecular weight excluding hydrogens is 266 g/mol. The monoisotopic (exact) mass is 291 g/mol. The molecule has 0 aliphatic carbocycles. The number of ether oxygens (including phenoxy) is 1. The summed E-state index contributed by atoms with van der Waals surface area (Å²) in [5.74, 6) is 0.0391. The molecule has 0 radical (unpaired) electrons. The van der Waals surface area contributed by atoms with Crippen LogP contribution in [0.5, 0.6) is 0 Å². The Morgan fingerprint density at radius 2 is 1.62 bits per heavy atom. The van der Waals surface area contributed by atoms with Gasteiger partial charge in [-0.1, -0.05) is 17.2 Å². The molecular formula is C17H25NO3. The Morgan fingerprint density at radius 1 is 1.10 bits per heavy atom. The van der Waals surface area contributed by atoms with Crippen molar-refractivity contribution in [3.05, 3.63) is 34.9 Å². The maximum Gasteiger partial charge on any atom is 0.410 e. The lowest BCUT2D eigenvalue weighted by Crippen LogP contribution is -2.35. The number of hydrogen-bond donors (Lipinski definition) is 0. The van der Waals surface area contributed by atoms with Crippen LogP contribution < -0.4 is 0 Å². The van der Waals surface area contributed by atoms with Crippen molar-refractivity contribution < 1.29 is 14.3 Å². The van der Waals surface area contributed by atoms with Gasteiger partial charge in [0.1, 0.15) is 5.60 Å². The van der Waals surface area contributed by atoms with Gasteiger partial charge in [0.15, 0.2) is 5.78 Å². The Kier molecular flexibility index (Phi) is 5.53. The lowest BCUT2D eigenvalue weighted by atomic mass is 10.0. The summed E-state index contributed by atoms with van der Waals surface area (Å²) >= 11 is 0. The second-order valence-corrected chi connectivity index (χ2v) is 6.45. The van der Waals surface area contributed by atoms with Crippen molar-refractivity contribution in [1.29, 1.82) is 0 Å². The highest BCUT2D eigenvalue weighted by Crippen LogP contribution is 2.12. The van der Waals surface area contributed by atoms with Crippen LogP contribution in [0.15, 0.2) is 18.2 Å². The van der Waals surface area contributed by atoms with Crippen molar-refractivity contribution in [1.82, 2.24) is 4.90 Å². The molecule has 0 saturated heterocycles. The molecule has 0 saturated carbocycles. The van der Waals surface area contributed by atoms with Gasteiger partial charge in [-0.3, -0.25) is 4.79 Å². The summed E-state index contributed by atoms with van der Waals surface area (Å²) in [6.45, 7) is 9.74. The number of ketones is 1. The van der Waals surface area contributed by atoms with Crippen LogP contribution in [-0.4, -0.2) is 36.0 Å². The molecule has 1 aromatic carbocycles. The second-order valence-electron chi connectivity index (χ2n) is 6.45. The third-order valence-electron chi connectivity index (χ3n) is 2.92. The molecule has 0 aromatic heterocycles. The number of carbonyl (C=O) groups is 2. The molecule has 0 spiro atoms. The third-order valence-corrected chi connectivity index (χ3v) is 2.92. The van der Waals surface area contributed by atoms with Crippen molar-refractivity contribution in [3.63, 3.8) is 0 Å². The quantitative estimate of drug-likeness (QED) is 0.794. The maximum absolute atomic E-state index is 12.2. The number of Topliss-reactive ketones (excluding diaryl/α,β-unsaturated/α-hetero) is 1. The first-order valence-electron chi connectivity index (χ1n) is 7.14. The van der Waals surface area contributed by atoms with E-state index < -0.39 is 11.7 Å². The van der Waals surface area contributed by atoms with E-state index in [9.17, 15) is 9.59 Å². The van der Waals surface area contributed by atoms with Gasteiger partial charge in [0.25, 0.3) is 0 Å². The van der Waals surface area contributed by atoms with Crippen molar-refractivity contribution in [2.24, 2.45) is 0 Å². The molecule has 21 heavy (non-hydrogen) atoms. The van der Waals surface area contributed by atoms with Gasteiger partial charge in [-0.2, -0.15) is 0 Å². The van der Waals surface area contributed by atoms with Crippen LogP contribution in [0.3, 0.4) is 0 Å². The van der Waals surface area contributed by atoms with Gasteiger partial charge in [-0.25, -0.2) is 4.79 Å². The van der Waals surface area contributed by atoms with Gasteiger partial charge in [0, 0.05) is 25.6 Å². The van der Waals surface area contributed by atoms with Crippen molar-refractivity contribution in [2.75, 3.05) is 13.6 Å². The molecule has 0 aliphatic rings. The van der Waals surface area contributed by atoms with Crippen LogP contribution in [0.25, 0.3) is 0 Å². The Hall–Kier alpha value is -1.84. The van der Waals surface area contributed by atoms with Crippen LogP contribution in [0.2, 0.25) is 0 Å². The van der Waals surface area contributed by atoms with E-state index in [0.717, 1.165) is 11.1 Å². The SMILES string of the molecule is Cc1cc(C)cc(C(=O)CCN(C)C(=O)OC(C)(C)C)c1. The standard InChI is InChI=1S/C17H25NO3/c1-12-9-13(2)11-14(10-12)15(19)7-8-18(6)16(20)21-17(3,4)5/h9-11H,7-8H2,1-6H3. The van der Waals surface area contributed by atoms with E-state index in [-0.39, 0.29) is 5.78 Å². The molecule has 1 rings (SSSR count). The normalized spacial score (nSPS) is 11.1. The predicted molar refractivity (Wildman–Crippen MR) is 83.7 cm³/mol. The molecule has 1 amide bonds. The van der Waals surface area contributed by atoms with Gasteiger partial charge < -0.3 is 9.64 Å². The number of aryl methyl sites for hydroxylation is 2. The minimum atomic E-state index is -0.525. The van der Waals surface area contributed by atoms with Crippen molar-refractivity contribution in [2.45, 2.75) is 46.6 Å². The van der Waals surface area contributed by atoms with Crippen molar-refractivity contribution >= 4 is 11.9 Å². The molecule has 1 aromatic rings. The smallest absolute Gasteiger partial charge is 0.410 e. The predicted octanol–water partition coefficient (Wildman–Crippen LogP) is 3.74. The number of hydrogen-bond acceptors (Lipinski definition) is 3. The summed E-state index contributed by atoms with van der Waals surface area (Å²) in [6.07, 6.45) is -0.116. The van der Waals surface area contributed by atoms with Crippen LogP contribution in [0.4, 0.5) is 4.79 Å². The first-order chi connectivity index (χ1) is 9.58. The summed E-state index contributed by atoms with van der Waals surface area (Å²) in [4.78, 5) is 25.4. The summed E-state index contributed by atoms with van der Waals surface area (Å²) in [5, 5.41) is 0. The molecule has 0 fully saturated rings. The van der Waals surface area contributed by atoms with E-state index in [0.29, 0.717) is 18.5 Å². The first kappa shape index (κ1) is 17.2. The maximum atomic E-state index is 12.2. The molecule has 0 heterocycles. The summed E-state index contributed by atoms with van der Waals surface area (Å²) in [6, 6.07) is 5.79.